The lowest BCUT2D eigenvalue weighted by molar-refractivity contribution is 0.0695. The molecule has 5 nitrogen and oxygen atoms in total. The molecule has 1 N–H and O–H groups in total. The summed E-state index contributed by atoms with van der Waals surface area (Å²) in [5.41, 5.74) is 0.883. The zero-order chi connectivity index (χ0) is 12.8. The molecule has 1 rings (SSSR count). The van der Waals surface area contributed by atoms with E-state index in [2.05, 4.69) is 37.9 Å². The van der Waals surface area contributed by atoms with Gasteiger partial charge < -0.3 is 14.8 Å². The van der Waals surface area contributed by atoms with Crippen molar-refractivity contribution in [1.29, 1.82) is 0 Å². The standard InChI is InChI=1S/C11H18IN3O2/c1-5-17-7(2)10-14-8(6-16-4)9(12)11(13-3)15-10/h7H,5-6H2,1-4H3,(H,13,14,15). The Labute approximate surface area is 115 Å². The highest BCUT2D eigenvalue weighted by Gasteiger charge is 2.15. The van der Waals surface area contributed by atoms with Gasteiger partial charge in [-0.2, -0.15) is 0 Å². The number of methoxy groups -OCH3 is 1. The molecule has 1 unspecified atom stereocenters. The van der Waals surface area contributed by atoms with Crippen molar-refractivity contribution in [1.82, 2.24) is 9.97 Å². The van der Waals surface area contributed by atoms with E-state index in [1.807, 2.05) is 20.9 Å². The van der Waals surface area contributed by atoms with Crippen LogP contribution in [0.25, 0.3) is 0 Å². The summed E-state index contributed by atoms with van der Waals surface area (Å²) in [5, 5.41) is 3.06. The SMILES string of the molecule is CCOC(C)c1nc(COC)c(I)c(NC)n1. The first-order valence-electron chi connectivity index (χ1n) is 5.48. The lowest BCUT2D eigenvalue weighted by Gasteiger charge is -2.14. The molecule has 0 aliphatic carbocycles. The largest absolute Gasteiger partial charge is 0.378 e. The van der Waals surface area contributed by atoms with Gasteiger partial charge in [-0.1, -0.05) is 0 Å². The van der Waals surface area contributed by atoms with Crippen LogP contribution < -0.4 is 5.32 Å². The zero-order valence-corrected chi connectivity index (χ0v) is 12.7. The second-order valence-electron chi connectivity index (χ2n) is 3.47. The first kappa shape index (κ1) is 14.6. The minimum atomic E-state index is -0.111. The van der Waals surface area contributed by atoms with Crippen LogP contribution in [0.15, 0.2) is 0 Å². The molecule has 1 aromatic rings. The smallest absolute Gasteiger partial charge is 0.159 e. The van der Waals surface area contributed by atoms with Crippen molar-refractivity contribution >= 4 is 28.4 Å². The molecule has 0 aromatic carbocycles. The van der Waals surface area contributed by atoms with Gasteiger partial charge in [0.1, 0.15) is 11.9 Å². The summed E-state index contributed by atoms with van der Waals surface area (Å²) < 4.78 is 11.6. The number of hydrogen-bond donors (Lipinski definition) is 1. The number of anilines is 1. The predicted octanol–water partition coefficient (Wildman–Crippen LogP) is 2.37. The molecule has 0 spiro atoms. The van der Waals surface area contributed by atoms with Crippen molar-refractivity contribution in [3.05, 3.63) is 15.1 Å². The summed E-state index contributed by atoms with van der Waals surface area (Å²) in [6, 6.07) is 0. The van der Waals surface area contributed by atoms with Gasteiger partial charge >= 0.3 is 0 Å². The second-order valence-corrected chi connectivity index (χ2v) is 4.55. The topological polar surface area (TPSA) is 56.3 Å². The van der Waals surface area contributed by atoms with E-state index in [0.29, 0.717) is 19.0 Å². The van der Waals surface area contributed by atoms with Crippen molar-refractivity contribution in [2.45, 2.75) is 26.6 Å². The number of aromatic nitrogens is 2. The summed E-state index contributed by atoms with van der Waals surface area (Å²) in [7, 11) is 3.50. The van der Waals surface area contributed by atoms with E-state index in [9.17, 15) is 0 Å². The summed E-state index contributed by atoms with van der Waals surface area (Å²) in [4.78, 5) is 8.92. The van der Waals surface area contributed by atoms with Crippen molar-refractivity contribution in [2.75, 3.05) is 26.1 Å². The summed E-state index contributed by atoms with van der Waals surface area (Å²) in [6.07, 6.45) is -0.111. The van der Waals surface area contributed by atoms with E-state index in [1.54, 1.807) is 7.11 Å². The van der Waals surface area contributed by atoms with Crippen molar-refractivity contribution in [3.8, 4) is 0 Å². The molecule has 0 fully saturated rings. The molecule has 0 saturated heterocycles. The average molecular weight is 351 g/mol. The lowest BCUT2D eigenvalue weighted by Crippen LogP contribution is -2.12. The monoisotopic (exact) mass is 351 g/mol. The van der Waals surface area contributed by atoms with Crippen LogP contribution in [0.2, 0.25) is 0 Å². The summed E-state index contributed by atoms with van der Waals surface area (Å²) in [5.74, 6) is 1.50. The molecule has 1 atom stereocenters. The van der Waals surface area contributed by atoms with Crippen LogP contribution in [0, 0.1) is 3.57 Å². The van der Waals surface area contributed by atoms with E-state index in [4.69, 9.17) is 9.47 Å². The van der Waals surface area contributed by atoms with Gasteiger partial charge in [0.15, 0.2) is 5.82 Å². The number of nitrogens with one attached hydrogen (secondary N) is 1. The van der Waals surface area contributed by atoms with Crippen LogP contribution in [-0.4, -0.2) is 30.7 Å². The van der Waals surface area contributed by atoms with E-state index in [-0.39, 0.29) is 6.10 Å². The molecule has 0 aliphatic heterocycles. The minimum absolute atomic E-state index is 0.111. The van der Waals surface area contributed by atoms with Crippen LogP contribution in [0.5, 0.6) is 0 Å². The molecule has 1 heterocycles. The Balaban J connectivity index is 3.10. The van der Waals surface area contributed by atoms with Crippen LogP contribution >= 0.6 is 22.6 Å². The molecule has 0 saturated carbocycles. The Morgan fingerprint density at radius 3 is 2.65 bits per heavy atom. The molecule has 6 heteroatoms. The van der Waals surface area contributed by atoms with Gasteiger partial charge in [-0.05, 0) is 36.4 Å². The van der Waals surface area contributed by atoms with Gasteiger partial charge in [0.25, 0.3) is 0 Å². The zero-order valence-electron chi connectivity index (χ0n) is 10.6. The van der Waals surface area contributed by atoms with Crippen LogP contribution in [0.4, 0.5) is 5.82 Å². The Hall–Kier alpha value is -0.470. The summed E-state index contributed by atoms with van der Waals surface area (Å²) >= 11 is 2.22. The first-order chi connectivity index (χ1) is 8.13. The summed E-state index contributed by atoms with van der Waals surface area (Å²) in [6.45, 7) is 5.02. The maximum absolute atomic E-state index is 5.50. The lowest BCUT2D eigenvalue weighted by atomic mass is 10.3. The fraction of sp³-hybridized carbons (Fsp3) is 0.636. The predicted molar refractivity (Wildman–Crippen MR) is 75.0 cm³/mol. The van der Waals surface area contributed by atoms with Gasteiger partial charge in [0.05, 0.1) is 15.9 Å². The number of nitrogens with zero attached hydrogens (tertiary/aromatic N) is 2. The third-order valence-corrected chi connectivity index (χ3v) is 3.37. The number of ether oxygens (including phenoxy) is 2. The van der Waals surface area contributed by atoms with Crippen molar-refractivity contribution < 1.29 is 9.47 Å². The Bertz CT molecular complexity index is 374. The molecular formula is C11H18IN3O2. The Morgan fingerprint density at radius 1 is 1.41 bits per heavy atom. The molecule has 0 amide bonds. The third-order valence-electron chi connectivity index (χ3n) is 2.24. The third kappa shape index (κ3) is 3.75. The maximum Gasteiger partial charge on any atom is 0.159 e. The molecular weight excluding hydrogens is 333 g/mol. The molecule has 0 radical (unpaired) electrons. The highest BCUT2D eigenvalue weighted by Crippen LogP contribution is 2.22. The fourth-order valence-electron chi connectivity index (χ4n) is 1.42. The Morgan fingerprint density at radius 2 is 2.12 bits per heavy atom. The van der Waals surface area contributed by atoms with Gasteiger partial charge in [-0.25, -0.2) is 9.97 Å². The van der Waals surface area contributed by atoms with Crippen molar-refractivity contribution in [2.24, 2.45) is 0 Å². The van der Waals surface area contributed by atoms with Gasteiger partial charge in [-0.15, -0.1) is 0 Å². The molecule has 17 heavy (non-hydrogen) atoms. The highest BCUT2D eigenvalue weighted by molar-refractivity contribution is 14.1. The van der Waals surface area contributed by atoms with Crippen LogP contribution in [0.3, 0.4) is 0 Å². The number of rotatable bonds is 6. The van der Waals surface area contributed by atoms with Gasteiger partial charge in [0, 0.05) is 20.8 Å². The first-order valence-corrected chi connectivity index (χ1v) is 6.56. The highest BCUT2D eigenvalue weighted by atomic mass is 127. The van der Waals surface area contributed by atoms with E-state index in [1.165, 1.54) is 0 Å². The molecule has 1 aromatic heterocycles. The molecule has 0 bridgehead atoms. The molecule has 96 valence electrons. The fourth-order valence-corrected chi connectivity index (χ4v) is 2.08. The minimum Gasteiger partial charge on any atom is -0.378 e. The van der Waals surface area contributed by atoms with Gasteiger partial charge in [0.2, 0.25) is 0 Å². The van der Waals surface area contributed by atoms with E-state index in [0.717, 1.165) is 15.1 Å². The van der Waals surface area contributed by atoms with Gasteiger partial charge in [-0.3, -0.25) is 0 Å². The average Bonchev–Trinajstić information content (AvgIpc) is 2.32. The normalized spacial score (nSPS) is 12.5. The van der Waals surface area contributed by atoms with Crippen LogP contribution in [0.1, 0.15) is 31.5 Å². The quantitative estimate of drug-likeness (QED) is 0.798. The van der Waals surface area contributed by atoms with Crippen LogP contribution in [-0.2, 0) is 16.1 Å². The number of halogens is 1. The van der Waals surface area contributed by atoms with Crippen molar-refractivity contribution in [3.63, 3.8) is 0 Å². The molecule has 0 aliphatic rings. The van der Waals surface area contributed by atoms with E-state index < -0.39 is 0 Å². The van der Waals surface area contributed by atoms with E-state index >= 15 is 0 Å². The number of hydrogen-bond acceptors (Lipinski definition) is 5. The maximum atomic E-state index is 5.50. The Kier molecular flexibility index (Phi) is 6.07. The second kappa shape index (κ2) is 7.07.